The first-order valence-electron chi connectivity index (χ1n) is 8.40. The van der Waals surface area contributed by atoms with E-state index in [0.29, 0.717) is 13.0 Å². The molecule has 0 radical (unpaired) electrons. The van der Waals surface area contributed by atoms with Crippen LogP contribution in [0.2, 0.25) is 0 Å². The van der Waals surface area contributed by atoms with Crippen LogP contribution in [0, 0.1) is 0 Å². The Morgan fingerprint density at radius 1 is 1.15 bits per heavy atom. The molecule has 2 aromatic carbocycles. The van der Waals surface area contributed by atoms with Crippen LogP contribution in [0.3, 0.4) is 0 Å². The maximum absolute atomic E-state index is 12.6. The molecule has 0 fully saturated rings. The average molecular weight is 442 g/mol. The Balaban J connectivity index is 1.98. The summed E-state index contributed by atoms with van der Waals surface area (Å²) in [5.74, 6) is 0.105. The molecule has 4 nitrogen and oxygen atoms in total. The number of amides is 1. The minimum Gasteiger partial charge on any atom is -0.493 e. The van der Waals surface area contributed by atoms with Gasteiger partial charge in [-0.05, 0) is 55.7 Å². The van der Waals surface area contributed by atoms with Crippen molar-refractivity contribution >= 4 is 21.8 Å². The van der Waals surface area contributed by atoms with E-state index in [2.05, 4.69) is 26.0 Å². The van der Waals surface area contributed by atoms with E-state index in [0.717, 1.165) is 15.6 Å². The van der Waals surface area contributed by atoms with Crippen LogP contribution in [-0.4, -0.2) is 26.2 Å². The zero-order chi connectivity index (χ0) is 20.0. The summed E-state index contributed by atoms with van der Waals surface area (Å²) in [6.07, 6.45) is 0.478. The van der Waals surface area contributed by atoms with Crippen LogP contribution in [0.5, 0.6) is 11.5 Å². The van der Waals surface area contributed by atoms with Gasteiger partial charge in [-0.15, -0.1) is 0 Å². The zero-order valence-corrected chi connectivity index (χ0v) is 17.0. The van der Waals surface area contributed by atoms with Gasteiger partial charge in [0.25, 0.3) is 0 Å². The average Bonchev–Trinajstić information content (AvgIpc) is 2.61. The number of benzene rings is 2. The Hall–Kier alpha value is -2.15. The third kappa shape index (κ3) is 5.66. The number of carbonyl (C=O) groups is 1. The van der Waals surface area contributed by atoms with E-state index < -0.39 is 12.0 Å². The van der Waals surface area contributed by atoms with Gasteiger partial charge in [0.1, 0.15) is 0 Å². The largest absolute Gasteiger partial charge is 0.493 e. The molecule has 0 aliphatic carbocycles. The number of methoxy groups -OCH3 is 1. The molecule has 0 saturated heterocycles. The minimum atomic E-state index is -2.93. The van der Waals surface area contributed by atoms with Crippen LogP contribution >= 0.6 is 15.9 Å². The van der Waals surface area contributed by atoms with E-state index in [1.807, 2.05) is 38.1 Å². The first-order valence-corrected chi connectivity index (χ1v) is 9.19. The fraction of sp³-hybridized carbons (Fsp3) is 0.350. The molecule has 1 N–H and O–H groups in total. The monoisotopic (exact) mass is 441 g/mol. The summed E-state index contributed by atoms with van der Waals surface area (Å²) in [4.78, 5) is 12.6. The van der Waals surface area contributed by atoms with Crippen LogP contribution in [0.15, 0.2) is 46.9 Å². The summed E-state index contributed by atoms with van der Waals surface area (Å²) < 4.78 is 35.5. The standard InChI is InChI=1S/C20H22BrF2NO3/c1-20(2,14-5-7-15(21)8-6-14)18(25)24-11-10-13-4-9-16(26-3)17(12-13)27-19(22)23/h4-9,12,19H,10-11H2,1-3H3,(H,24,25). The van der Waals surface area contributed by atoms with Crippen molar-refractivity contribution in [1.82, 2.24) is 5.32 Å². The Bertz CT molecular complexity index is 779. The van der Waals surface area contributed by atoms with E-state index in [1.165, 1.54) is 13.2 Å². The molecule has 1 amide bonds. The molecule has 0 aliphatic rings. The van der Waals surface area contributed by atoms with Gasteiger partial charge in [-0.2, -0.15) is 8.78 Å². The quantitative estimate of drug-likeness (QED) is 0.645. The van der Waals surface area contributed by atoms with Crippen LogP contribution in [0.1, 0.15) is 25.0 Å². The van der Waals surface area contributed by atoms with Gasteiger partial charge in [0, 0.05) is 11.0 Å². The molecular weight excluding hydrogens is 420 g/mol. The highest BCUT2D eigenvalue weighted by atomic mass is 79.9. The van der Waals surface area contributed by atoms with Crippen molar-refractivity contribution in [1.29, 1.82) is 0 Å². The molecule has 0 bridgehead atoms. The van der Waals surface area contributed by atoms with Crippen molar-refractivity contribution in [2.75, 3.05) is 13.7 Å². The van der Waals surface area contributed by atoms with Gasteiger partial charge in [-0.25, -0.2) is 0 Å². The number of hydrogen-bond donors (Lipinski definition) is 1. The molecule has 2 rings (SSSR count). The summed E-state index contributed by atoms with van der Waals surface area (Å²) in [6.45, 7) is 1.15. The van der Waals surface area contributed by atoms with Crippen LogP contribution in [0.25, 0.3) is 0 Å². The lowest BCUT2D eigenvalue weighted by Crippen LogP contribution is -2.40. The Morgan fingerprint density at radius 3 is 2.41 bits per heavy atom. The van der Waals surface area contributed by atoms with Gasteiger partial charge in [0.15, 0.2) is 11.5 Å². The van der Waals surface area contributed by atoms with Crippen molar-refractivity contribution in [2.45, 2.75) is 32.3 Å². The fourth-order valence-electron chi connectivity index (χ4n) is 2.60. The van der Waals surface area contributed by atoms with Gasteiger partial charge in [-0.3, -0.25) is 4.79 Å². The van der Waals surface area contributed by atoms with Crippen molar-refractivity contribution < 1.29 is 23.0 Å². The van der Waals surface area contributed by atoms with Crippen molar-refractivity contribution in [3.63, 3.8) is 0 Å². The van der Waals surface area contributed by atoms with Gasteiger partial charge in [0.05, 0.1) is 12.5 Å². The highest BCUT2D eigenvalue weighted by molar-refractivity contribution is 9.10. The number of hydrogen-bond acceptors (Lipinski definition) is 3. The summed E-state index contributed by atoms with van der Waals surface area (Å²) >= 11 is 3.38. The first kappa shape index (κ1) is 21.2. The summed E-state index contributed by atoms with van der Waals surface area (Å²) in [6, 6.07) is 12.4. The lowest BCUT2D eigenvalue weighted by molar-refractivity contribution is -0.125. The molecule has 0 heterocycles. The van der Waals surface area contributed by atoms with Crippen molar-refractivity contribution in [3.8, 4) is 11.5 Å². The number of rotatable bonds is 8. The third-order valence-corrected chi connectivity index (χ3v) is 4.81. The SMILES string of the molecule is COc1ccc(CCNC(=O)C(C)(C)c2ccc(Br)cc2)cc1OC(F)F. The normalized spacial score (nSPS) is 11.4. The van der Waals surface area contributed by atoms with Crippen molar-refractivity contribution in [2.24, 2.45) is 0 Å². The molecule has 146 valence electrons. The number of alkyl halides is 2. The van der Waals surface area contributed by atoms with Crippen LogP contribution in [-0.2, 0) is 16.6 Å². The molecular formula is C20H22BrF2NO3. The summed E-state index contributed by atoms with van der Waals surface area (Å²) in [5.41, 5.74) is 0.971. The zero-order valence-electron chi connectivity index (χ0n) is 15.4. The van der Waals surface area contributed by atoms with E-state index in [9.17, 15) is 13.6 Å². The minimum absolute atomic E-state index is 0.0217. The topological polar surface area (TPSA) is 47.6 Å². The second-order valence-electron chi connectivity index (χ2n) is 6.50. The van der Waals surface area contributed by atoms with Crippen LogP contribution < -0.4 is 14.8 Å². The van der Waals surface area contributed by atoms with E-state index in [1.54, 1.807) is 12.1 Å². The molecule has 0 aromatic heterocycles. The number of halogens is 3. The Labute approximate surface area is 166 Å². The molecule has 0 spiro atoms. The van der Waals surface area contributed by atoms with Gasteiger partial charge in [-0.1, -0.05) is 34.1 Å². The highest BCUT2D eigenvalue weighted by Crippen LogP contribution is 2.30. The fourth-order valence-corrected chi connectivity index (χ4v) is 2.87. The summed E-state index contributed by atoms with van der Waals surface area (Å²) in [5, 5.41) is 2.90. The predicted octanol–water partition coefficient (Wildman–Crippen LogP) is 4.70. The maximum atomic E-state index is 12.6. The van der Waals surface area contributed by atoms with Gasteiger partial charge in [0.2, 0.25) is 5.91 Å². The maximum Gasteiger partial charge on any atom is 0.387 e. The number of nitrogens with one attached hydrogen (secondary N) is 1. The third-order valence-electron chi connectivity index (χ3n) is 4.28. The second kappa shape index (κ2) is 9.17. The lowest BCUT2D eigenvalue weighted by Gasteiger charge is -2.24. The van der Waals surface area contributed by atoms with Gasteiger partial charge < -0.3 is 14.8 Å². The van der Waals surface area contributed by atoms with Gasteiger partial charge >= 0.3 is 6.61 Å². The molecule has 0 atom stereocenters. The van der Waals surface area contributed by atoms with E-state index >= 15 is 0 Å². The molecule has 7 heteroatoms. The second-order valence-corrected chi connectivity index (χ2v) is 7.42. The Kier molecular flexibility index (Phi) is 7.18. The number of ether oxygens (including phenoxy) is 2. The predicted molar refractivity (Wildman–Crippen MR) is 104 cm³/mol. The lowest BCUT2D eigenvalue weighted by atomic mass is 9.84. The highest BCUT2D eigenvalue weighted by Gasteiger charge is 2.29. The molecule has 2 aromatic rings. The Morgan fingerprint density at radius 2 is 1.81 bits per heavy atom. The summed E-state index contributed by atoms with van der Waals surface area (Å²) in [7, 11) is 1.39. The smallest absolute Gasteiger partial charge is 0.387 e. The molecule has 0 saturated carbocycles. The molecule has 0 unspecified atom stereocenters. The van der Waals surface area contributed by atoms with Crippen LogP contribution in [0.4, 0.5) is 8.78 Å². The van der Waals surface area contributed by atoms with Crippen molar-refractivity contribution in [3.05, 3.63) is 58.1 Å². The molecule has 0 aliphatic heterocycles. The van der Waals surface area contributed by atoms with E-state index in [4.69, 9.17) is 4.74 Å². The number of carbonyl (C=O) groups excluding carboxylic acids is 1. The van der Waals surface area contributed by atoms with E-state index in [-0.39, 0.29) is 17.4 Å². The molecule has 27 heavy (non-hydrogen) atoms. The first-order chi connectivity index (χ1) is 12.7.